The molecule has 0 bridgehead atoms. The Bertz CT molecular complexity index is 726. The van der Waals surface area contributed by atoms with Crippen LogP contribution in [-0.4, -0.2) is 16.1 Å². The summed E-state index contributed by atoms with van der Waals surface area (Å²) in [6.45, 7) is 1.83. The SMILES string of the molecule is Cc1ccc(C#N)c(Sc2ccc(Cl)c(C(=O)O)c2)n1. The first-order valence-electron chi connectivity index (χ1n) is 5.59. The van der Waals surface area contributed by atoms with Crippen molar-refractivity contribution in [3.63, 3.8) is 0 Å². The van der Waals surface area contributed by atoms with Crippen molar-refractivity contribution in [2.24, 2.45) is 0 Å². The van der Waals surface area contributed by atoms with Crippen LogP contribution in [0.2, 0.25) is 5.02 Å². The first-order valence-corrected chi connectivity index (χ1v) is 6.79. The summed E-state index contributed by atoms with van der Waals surface area (Å²) in [7, 11) is 0. The molecule has 0 aliphatic rings. The fourth-order valence-corrected chi connectivity index (χ4v) is 2.69. The molecule has 0 aliphatic heterocycles. The molecule has 1 heterocycles. The second-order valence-corrected chi connectivity index (χ2v) is 5.44. The molecule has 0 aliphatic carbocycles. The molecule has 1 aromatic heterocycles. The number of hydrogen-bond donors (Lipinski definition) is 1. The lowest BCUT2D eigenvalue weighted by Crippen LogP contribution is -1.97. The largest absolute Gasteiger partial charge is 0.478 e. The third kappa shape index (κ3) is 3.10. The Kier molecular flexibility index (Phi) is 4.28. The predicted octanol–water partition coefficient (Wildman–Crippen LogP) is 3.76. The highest BCUT2D eigenvalue weighted by Crippen LogP contribution is 2.31. The van der Waals surface area contributed by atoms with E-state index < -0.39 is 5.97 Å². The van der Waals surface area contributed by atoms with Crippen molar-refractivity contribution in [1.29, 1.82) is 5.26 Å². The van der Waals surface area contributed by atoms with Gasteiger partial charge in [-0.3, -0.25) is 0 Å². The number of pyridine rings is 1. The van der Waals surface area contributed by atoms with Crippen LogP contribution < -0.4 is 0 Å². The Morgan fingerprint density at radius 2 is 2.15 bits per heavy atom. The van der Waals surface area contributed by atoms with Gasteiger partial charge in [-0.25, -0.2) is 9.78 Å². The van der Waals surface area contributed by atoms with Crippen LogP contribution in [0.1, 0.15) is 21.6 Å². The Labute approximate surface area is 125 Å². The number of nitrogens with zero attached hydrogens (tertiary/aromatic N) is 2. The first kappa shape index (κ1) is 14.4. The van der Waals surface area contributed by atoms with Crippen molar-refractivity contribution in [3.8, 4) is 6.07 Å². The number of aromatic carboxylic acids is 1. The van der Waals surface area contributed by atoms with E-state index in [1.54, 1.807) is 18.2 Å². The number of carboxylic acids is 1. The molecule has 0 saturated carbocycles. The lowest BCUT2D eigenvalue weighted by molar-refractivity contribution is 0.0697. The summed E-state index contributed by atoms with van der Waals surface area (Å²) in [6.07, 6.45) is 0. The van der Waals surface area contributed by atoms with Crippen LogP contribution in [0.4, 0.5) is 0 Å². The summed E-state index contributed by atoms with van der Waals surface area (Å²) in [5, 5.41) is 18.8. The summed E-state index contributed by atoms with van der Waals surface area (Å²) in [5.41, 5.74) is 1.27. The van der Waals surface area contributed by atoms with Gasteiger partial charge in [-0.1, -0.05) is 23.4 Å². The van der Waals surface area contributed by atoms with E-state index in [1.165, 1.54) is 23.9 Å². The second kappa shape index (κ2) is 5.95. The minimum Gasteiger partial charge on any atom is -0.478 e. The Morgan fingerprint density at radius 3 is 2.80 bits per heavy atom. The highest BCUT2D eigenvalue weighted by molar-refractivity contribution is 7.99. The lowest BCUT2D eigenvalue weighted by Gasteiger charge is -2.06. The maximum atomic E-state index is 11.0. The third-order valence-electron chi connectivity index (χ3n) is 2.50. The minimum atomic E-state index is -1.09. The van der Waals surface area contributed by atoms with Crippen LogP contribution in [0.15, 0.2) is 40.3 Å². The molecular weight excluding hydrogens is 296 g/mol. The van der Waals surface area contributed by atoms with Gasteiger partial charge in [0.2, 0.25) is 0 Å². The van der Waals surface area contributed by atoms with Crippen molar-refractivity contribution in [1.82, 2.24) is 4.98 Å². The van der Waals surface area contributed by atoms with Crippen LogP contribution >= 0.6 is 23.4 Å². The number of hydrogen-bond acceptors (Lipinski definition) is 4. The van der Waals surface area contributed by atoms with E-state index >= 15 is 0 Å². The molecule has 0 fully saturated rings. The lowest BCUT2D eigenvalue weighted by atomic mass is 10.2. The average Bonchev–Trinajstić information content (AvgIpc) is 2.41. The van der Waals surface area contributed by atoms with E-state index in [0.717, 1.165) is 5.69 Å². The number of benzene rings is 1. The molecular formula is C14H9ClN2O2S. The maximum absolute atomic E-state index is 11.0. The molecule has 4 nitrogen and oxygen atoms in total. The molecule has 0 radical (unpaired) electrons. The molecule has 0 atom stereocenters. The molecule has 6 heteroatoms. The van der Waals surface area contributed by atoms with E-state index in [1.807, 2.05) is 6.92 Å². The fourth-order valence-electron chi connectivity index (χ4n) is 1.54. The molecule has 2 rings (SSSR count). The van der Waals surface area contributed by atoms with Crippen molar-refractivity contribution < 1.29 is 9.90 Å². The molecule has 0 saturated heterocycles. The second-order valence-electron chi connectivity index (χ2n) is 3.97. The Hall–Kier alpha value is -2.03. The molecule has 2 aromatic rings. The van der Waals surface area contributed by atoms with Crippen molar-refractivity contribution in [2.75, 3.05) is 0 Å². The van der Waals surface area contributed by atoms with Crippen LogP contribution in [0.3, 0.4) is 0 Å². The summed E-state index contributed by atoms with van der Waals surface area (Å²) in [5.74, 6) is -1.09. The number of aromatic nitrogens is 1. The third-order valence-corrected chi connectivity index (χ3v) is 3.83. The smallest absolute Gasteiger partial charge is 0.337 e. The van der Waals surface area contributed by atoms with Crippen molar-refractivity contribution in [2.45, 2.75) is 16.8 Å². The van der Waals surface area contributed by atoms with Gasteiger partial charge in [-0.05, 0) is 37.3 Å². The van der Waals surface area contributed by atoms with Crippen LogP contribution in [-0.2, 0) is 0 Å². The monoisotopic (exact) mass is 304 g/mol. The fraction of sp³-hybridized carbons (Fsp3) is 0.0714. The highest BCUT2D eigenvalue weighted by Gasteiger charge is 2.12. The zero-order chi connectivity index (χ0) is 14.7. The topological polar surface area (TPSA) is 74.0 Å². The van der Waals surface area contributed by atoms with Crippen molar-refractivity contribution in [3.05, 3.63) is 52.2 Å². The van der Waals surface area contributed by atoms with Crippen LogP contribution in [0, 0.1) is 18.3 Å². The van der Waals surface area contributed by atoms with Crippen LogP contribution in [0.5, 0.6) is 0 Å². The molecule has 0 spiro atoms. The minimum absolute atomic E-state index is 0.0304. The zero-order valence-corrected chi connectivity index (χ0v) is 12.0. The van der Waals surface area contributed by atoms with Crippen LogP contribution in [0.25, 0.3) is 0 Å². The zero-order valence-electron chi connectivity index (χ0n) is 10.4. The summed E-state index contributed by atoms with van der Waals surface area (Å²) < 4.78 is 0. The van der Waals surface area contributed by atoms with E-state index in [9.17, 15) is 4.79 Å². The van der Waals surface area contributed by atoms with E-state index in [4.69, 9.17) is 22.0 Å². The molecule has 20 heavy (non-hydrogen) atoms. The van der Waals surface area contributed by atoms with Gasteiger partial charge >= 0.3 is 5.97 Å². The highest BCUT2D eigenvalue weighted by atomic mass is 35.5. The number of aryl methyl sites for hydroxylation is 1. The standard InChI is InChI=1S/C14H9ClN2O2S/c1-8-2-3-9(7-16)13(17-8)20-10-4-5-12(15)11(6-10)14(18)19/h2-6H,1H3,(H,18,19). The summed E-state index contributed by atoms with van der Waals surface area (Å²) in [6, 6.07) is 10.2. The van der Waals surface area contributed by atoms with Gasteiger partial charge in [0.25, 0.3) is 0 Å². The van der Waals surface area contributed by atoms with Gasteiger partial charge in [-0.2, -0.15) is 5.26 Å². The molecule has 0 amide bonds. The van der Waals surface area contributed by atoms with Gasteiger partial charge in [0.1, 0.15) is 11.1 Å². The summed E-state index contributed by atoms with van der Waals surface area (Å²) >= 11 is 7.06. The predicted molar refractivity (Wildman–Crippen MR) is 76.2 cm³/mol. The number of halogens is 1. The number of nitriles is 1. The van der Waals surface area contributed by atoms with Gasteiger partial charge in [0.15, 0.2) is 0 Å². The van der Waals surface area contributed by atoms with E-state index in [-0.39, 0.29) is 10.6 Å². The maximum Gasteiger partial charge on any atom is 0.337 e. The Balaban J connectivity index is 2.40. The molecule has 0 unspecified atom stereocenters. The van der Waals surface area contributed by atoms with Gasteiger partial charge < -0.3 is 5.11 Å². The number of carboxylic acid groups (broad SMARTS) is 1. The summed E-state index contributed by atoms with van der Waals surface area (Å²) in [4.78, 5) is 16.0. The van der Waals surface area contributed by atoms with E-state index in [2.05, 4.69) is 11.1 Å². The Morgan fingerprint density at radius 1 is 1.40 bits per heavy atom. The average molecular weight is 305 g/mol. The van der Waals surface area contributed by atoms with Gasteiger partial charge in [0.05, 0.1) is 16.1 Å². The van der Waals surface area contributed by atoms with Gasteiger partial charge in [-0.15, -0.1) is 0 Å². The molecule has 100 valence electrons. The molecule has 1 aromatic carbocycles. The molecule has 1 N–H and O–H groups in total. The van der Waals surface area contributed by atoms with Gasteiger partial charge in [0, 0.05) is 10.6 Å². The quantitative estimate of drug-likeness (QED) is 0.934. The number of carbonyl (C=O) groups is 1. The number of rotatable bonds is 3. The first-order chi connectivity index (χ1) is 9.51. The van der Waals surface area contributed by atoms with E-state index in [0.29, 0.717) is 15.5 Å². The normalized spacial score (nSPS) is 10.1. The van der Waals surface area contributed by atoms with Crippen molar-refractivity contribution >= 4 is 29.3 Å².